The second-order valence-corrected chi connectivity index (χ2v) is 6.72. The standard InChI is InChI=1S/C18H16O6/c1-7-18(2,3)15-13(23-7)6-11(21)14-16(22)8-4-9(19)10(20)5-12(8)24-17(14)15/h4-7,19-21H,1-3H3. The van der Waals surface area contributed by atoms with Gasteiger partial charge < -0.3 is 24.5 Å². The third kappa shape index (κ3) is 1.68. The van der Waals surface area contributed by atoms with Gasteiger partial charge in [0.05, 0.1) is 5.39 Å². The molecule has 0 saturated heterocycles. The minimum atomic E-state index is -0.475. The monoisotopic (exact) mass is 328 g/mol. The molecule has 0 aliphatic carbocycles. The molecule has 0 spiro atoms. The van der Waals surface area contributed by atoms with Gasteiger partial charge in [-0.1, -0.05) is 13.8 Å². The molecular weight excluding hydrogens is 312 g/mol. The Kier molecular flexibility index (Phi) is 2.66. The number of phenols is 3. The van der Waals surface area contributed by atoms with Crippen molar-refractivity contribution in [1.82, 2.24) is 0 Å². The number of phenolic OH excluding ortho intramolecular Hbond substituents is 3. The van der Waals surface area contributed by atoms with Crippen LogP contribution in [-0.4, -0.2) is 21.4 Å². The van der Waals surface area contributed by atoms with E-state index in [2.05, 4.69) is 0 Å². The summed E-state index contributed by atoms with van der Waals surface area (Å²) in [6.07, 6.45) is -0.160. The van der Waals surface area contributed by atoms with Gasteiger partial charge in [0, 0.05) is 23.1 Å². The number of benzene rings is 2. The molecule has 1 atom stereocenters. The number of fused-ring (bicyclic) bond motifs is 4. The summed E-state index contributed by atoms with van der Waals surface area (Å²) in [5.41, 5.74) is 0.170. The number of ether oxygens (including phenoxy) is 1. The lowest BCUT2D eigenvalue weighted by molar-refractivity contribution is 0.185. The second-order valence-electron chi connectivity index (χ2n) is 6.72. The van der Waals surface area contributed by atoms with E-state index in [1.54, 1.807) is 0 Å². The Labute approximate surface area is 136 Å². The normalized spacial score (nSPS) is 18.7. The van der Waals surface area contributed by atoms with E-state index < -0.39 is 16.6 Å². The van der Waals surface area contributed by atoms with Gasteiger partial charge >= 0.3 is 0 Å². The topological polar surface area (TPSA) is 100 Å². The van der Waals surface area contributed by atoms with E-state index in [4.69, 9.17) is 9.15 Å². The van der Waals surface area contributed by atoms with Crippen LogP contribution in [0.2, 0.25) is 0 Å². The van der Waals surface area contributed by atoms with Crippen LogP contribution in [-0.2, 0) is 5.41 Å². The molecule has 6 heteroatoms. The first-order valence-electron chi connectivity index (χ1n) is 7.57. The van der Waals surface area contributed by atoms with Crippen molar-refractivity contribution in [2.45, 2.75) is 32.3 Å². The van der Waals surface area contributed by atoms with Crippen LogP contribution in [0.25, 0.3) is 21.9 Å². The van der Waals surface area contributed by atoms with Crippen LogP contribution >= 0.6 is 0 Å². The zero-order chi connectivity index (χ0) is 17.4. The van der Waals surface area contributed by atoms with Gasteiger partial charge in [0.25, 0.3) is 0 Å². The Morgan fingerprint density at radius 1 is 1.04 bits per heavy atom. The molecule has 124 valence electrons. The molecule has 1 aliphatic heterocycles. The fourth-order valence-electron chi connectivity index (χ4n) is 3.25. The first kappa shape index (κ1) is 14.7. The van der Waals surface area contributed by atoms with Crippen LogP contribution in [0.1, 0.15) is 26.3 Å². The highest BCUT2D eigenvalue weighted by Crippen LogP contribution is 2.49. The predicted molar refractivity (Wildman–Crippen MR) is 88.1 cm³/mol. The lowest BCUT2D eigenvalue weighted by atomic mass is 9.81. The van der Waals surface area contributed by atoms with Crippen LogP contribution in [0.5, 0.6) is 23.0 Å². The molecule has 4 rings (SSSR count). The largest absolute Gasteiger partial charge is 0.507 e. The molecule has 3 aromatic rings. The van der Waals surface area contributed by atoms with Crippen molar-refractivity contribution in [3.8, 4) is 23.0 Å². The summed E-state index contributed by atoms with van der Waals surface area (Å²) < 4.78 is 11.7. The van der Waals surface area contributed by atoms with Crippen molar-refractivity contribution in [2.75, 3.05) is 0 Å². The van der Waals surface area contributed by atoms with E-state index in [1.165, 1.54) is 12.1 Å². The van der Waals surface area contributed by atoms with Gasteiger partial charge in [-0.05, 0) is 13.0 Å². The van der Waals surface area contributed by atoms with Gasteiger partial charge in [0.2, 0.25) is 5.43 Å². The predicted octanol–water partition coefficient (Wildman–Crippen LogP) is 3.12. The Morgan fingerprint density at radius 3 is 2.42 bits per heavy atom. The molecule has 1 unspecified atom stereocenters. The molecule has 0 amide bonds. The average molecular weight is 328 g/mol. The molecular formula is C18H16O6. The van der Waals surface area contributed by atoms with E-state index in [1.807, 2.05) is 20.8 Å². The summed E-state index contributed by atoms with van der Waals surface area (Å²) in [5.74, 6) is -0.572. The SMILES string of the molecule is CC1Oc2cc(O)c3c(=O)c4cc(O)c(O)cc4oc3c2C1(C)C. The summed E-state index contributed by atoms with van der Waals surface area (Å²) in [6, 6.07) is 3.74. The smallest absolute Gasteiger partial charge is 0.204 e. The van der Waals surface area contributed by atoms with Crippen LogP contribution in [0, 0.1) is 0 Å². The van der Waals surface area contributed by atoms with Gasteiger partial charge in [-0.3, -0.25) is 4.79 Å². The van der Waals surface area contributed by atoms with Crippen molar-refractivity contribution in [3.63, 3.8) is 0 Å². The van der Waals surface area contributed by atoms with Gasteiger partial charge in [0.1, 0.15) is 34.2 Å². The van der Waals surface area contributed by atoms with Gasteiger partial charge in [-0.2, -0.15) is 0 Å². The Balaban J connectivity index is 2.25. The molecule has 3 N–H and O–H groups in total. The zero-order valence-corrected chi connectivity index (χ0v) is 13.4. The zero-order valence-electron chi connectivity index (χ0n) is 13.4. The average Bonchev–Trinajstić information content (AvgIpc) is 2.71. The van der Waals surface area contributed by atoms with Gasteiger partial charge in [-0.15, -0.1) is 0 Å². The Morgan fingerprint density at radius 2 is 1.71 bits per heavy atom. The maximum atomic E-state index is 12.8. The molecule has 0 fully saturated rings. The molecule has 2 aromatic carbocycles. The minimum absolute atomic E-state index is 0.0390. The first-order chi connectivity index (χ1) is 11.2. The molecule has 0 radical (unpaired) electrons. The van der Waals surface area contributed by atoms with Crippen molar-refractivity contribution < 1.29 is 24.5 Å². The number of hydrogen-bond acceptors (Lipinski definition) is 6. The highest BCUT2D eigenvalue weighted by molar-refractivity contribution is 5.97. The summed E-state index contributed by atoms with van der Waals surface area (Å²) >= 11 is 0. The van der Waals surface area contributed by atoms with Crippen LogP contribution in [0.3, 0.4) is 0 Å². The fraction of sp³-hybridized carbons (Fsp3) is 0.278. The number of rotatable bonds is 0. The summed E-state index contributed by atoms with van der Waals surface area (Å²) in [4.78, 5) is 12.8. The third-order valence-corrected chi connectivity index (χ3v) is 4.95. The fourth-order valence-corrected chi connectivity index (χ4v) is 3.25. The lowest BCUT2D eigenvalue weighted by Gasteiger charge is -2.22. The Hall–Kier alpha value is -2.89. The van der Waals surface area contributed by atoms with Crippen LogP contribution in [0.4, 0.5) is 0 Å². The molecule has 6 nitrogen and oxygen atoms in total. The maximum Gasteiger partial charge on any atom is 0.204 e. The van der Waals surface area contributed by atoms with E-state index in [0.29, 0.717) is 11.3 Å². The molecule has 1 aromatic heterocycles. The van der Waals surface area contributed by atoms with Gasteiger partial charge in [0.15, 0.2) is 11.5 Å². The van der Waals surface area contributed by atoms with Crippen molar-refractivity contribution in [1.29, 1.82) is 0 Å². The maximum absolute atomic E-state index is 12.8. The molecule has 24 heavy (non-hydrogen) atoms. The quantitative estimate of drug-likeness (QED) is 0.433. The van der Waals surface area contributed by atoms with Crippen molar-refractivity contribution in [2.24, 2.45) is 0 Å². The van der Waals surface area contributed by atoms with Crippen LogP contribution < -0.4 is 10.2 Å². The molecule has 0 bridgehead atoms. The lowest BCUT2D eigenvalue weighted by Crippen LogP contribution is -2.29. The second kappa shape index (κ2) is 4.35. The van der Waals surface area contributed by atoms with Crippen LogP contribution in [0.15, 0.2) is 27.4 Å². The summed E-state index contributed by atoms with van der Waals surface area (Å²) in [6.45, 7) is 5.85. The molecule has 1 aliphatic rings. The molecule has 2 heterocycles. The van der Waals surface area contributed by atoms with E-state index in [9.17, 15) is 20.1 Å². The number of hydrogen-bond donors (Lipinski definition) is 3. The van der Waals surface area contributed by atoms with E-state index >= 15 is 0 Å². The summed E-state index contributed by atoms with van der Waals surface area (Å²) in [5, 5.41) is 29.8. The van der Waals surface area contributed by atoms with Crippen molar-refractivity contribution >= 4 is 21.9 Å². The van der Waals surface area contributed by atoms with E-state index in [0.717, 1.165) is 6.07 Å². The highest BCUT2D eigenvalue weighted by atomic mass is 16.5. The van der Waals surface area contributed by atoms with Gasteiger partial charge in [-0.25, -0.2) is 0 Å². The minimum Gasteiger partial charge on any atom is -0.507 e. The highest BCUT2D eigenvalue weighted by Gasteiger charge is 2.42. The third-order valence-electron chi connectivity index (χ3n) is 4.95. The first-order valence-corrected chi connectivity index (χ1v) is 7.57. The number of aromatic hydroxyl groups is 3. The van der Waals surface area contributed by atoms with E-state index in [-0.39, 0.29) is 39.5 Å². The van der Waals surface area contributed by atoms with Crippen molar-refractivity contribution in [3.05, 3.63) is 34.0 Å². The molecule has 0 saturated carbocycles. The Bertz CT molecular complexity index is 1080. The summed E-state index contributed by atoms with van der Waals surface area (Å²) in [7, 11) is 0.